The van der Waals surface area contributed by atoms with Gasteiger partial charge in [0.25, 0.3) is 5.91 Å². The van der Waals surface area contributed by atoms with E-state index in [0.717, 1.165) is 27.9 Å². The number of carbonyl (C=O) groups is 1. The van der Waals surface area contributed by atoms with Crippen LogP contribution in [0, 0.1) is 0 Å². The van der Waals surface area contributed by atoms with E-state index in [1.165, 1.54) is 23.5 Å². The van der Waals surface area contributed by atoms with Gasteiger partial charge in [0, 0.05) is 23.7 Å². The number of aromatic nitrogens is 2. The van der Waals surface area contributed by atoms with Crippen molar-refractivity contribution in [1.29, 1.82) is 0 Å². The lowest BCUT2D eigenvalue weighted by Gasteiger charge is -2.09. The number of anilines is 1. The minimum absolute atomic E-state index is 0.0819. The van der Waals surface area contributed by atoms with Gasteiger partial charge in [0.2, 0.25) is 0 Å². The van der Waals surface area contributed by atoms with E-state index < -0.39 is 17.6 Å². The van der Waals surface area contributed by atoms with Gasteiger partial charge in [-0.1, -0.05) is 18.2 Å². The lowest BCUT2D eigenvalue weighted by atomic mass is 10.1. The zero-order valence-corrected chi connectivity index (χ0v) is 16.8. The van der Waals surface area contributed by atoms with Gasteiger partial charge in [-0.3, -0.25) is 9.48 Å². The second-order valence-corrected chi connectivity index (χ2v) is 7.60. The highest BCUT2D eigenvalue weighted by molar-refractivity contribution is 7.20. The number of nitrogens with one attached hydrogen (secondary N) is 1. The van der Waals surface area contributed by atoms with Crippen molar-refractivity contribution in [3.8, 4) is 17.0 Å². The second-order valence-electron chi connectivity index (χ2n) is 6.57. The van der Waals surface area contributed by atoms with Gasteiger partial charge < -0.3 is 10.1 Å². The third-order valence-electron chi connectivity index (χ3n) is 4.53. The van der Waals surface area contributed by atoms with Crippen LogP contribution in [0.4, 0.5) is 18.9 Å². The Hall–Kier alpha value is -3.33. The molecule has 2 aromatic heterocycles. The van der Waals surface area contributed by atoms with Crippen LogP contribution < -0.4 is 10.1 Å². The van der Waals surface area contributed by atoms with Crippen molar-refractivity contribution >= 4 is 33.1 Å². The highest BCUT2D eigenvalue weighted by Gasteiger charge is 2.30. The molecule has 0 spiro atoms. The minimum atomic E-state index is -4.48. The van der Waals surface area contributed by atoms with Crippen LogP contribution in [0.3, 0.4) is 0 Å². The predicted octanol–water partition coefficient (Wildman–Crippen LogP) is 5.58. The molecule has 0 unspecified atom stereocenters. The molecule has 0 aliphatic rings. The lowest BCUT2D eigenvalue weighted by molar-refractivity contribution is -0.137. The van der Waals surface area contributed by atoms with Crippen molar-refractivity contribution in [3.63, 3.8) is 0 Å². The summed E-state index contributed by atoms with van der Waals surface area (Å²) < 4.78 is 45.6. The first-order valence-electron chi connectivity index (χ1n) is 8.86. The predicted molar refractivity (Wildman–Crippen MR) is 110 cm³/mol. The van der Waals surface area contributed by atoms with Gasteiger partial charge in [-0.2, -0.15) is 18.3 Å². The fourth-order valence-corrected chi connectivity index (χ4v) is 4.07. The van der Waals surface area contributed by atoms with Gasteiger partial charge in [0.15, 0.2) is 0 Å². The van der Waals surface area contributed by atoms with Gasteiger partial charge >= 0.3 is 6.18 Å². The number of thiophene rings is 1. The van der Waals surface area contributed by atoms with E-state index in [2.05, 4.69) is 10.4 Å². The average Bonchev–Trinajstić information content (AvgIpc) is 3.28. The molecule has 1 amide bonds. The summed E-state index contributed by atoms with van der Waals surface area (Å²) in [6.45, 7) is 0. The number of hydrogen-bond donors (Lipinski definition) is 1. The molecule has 4 aromatic rings. The summed E-state index contributed by atoms with van der Waals surface area (Å²) in [7, 11) is 3.35. The Morgan fingerprint density at radius 2 is 1.90 bits per heavy atom. The van der Waals surface area contributed by atoms with Crippen LogP contribution in [0.25, 0.3) is 21.5 Å². The molecule has 0 bridgehead atoms. The second kappa shape index (κ2) is 7.49. The molecule has 0 aliphatic carbocycles. The average molecular weight is 431 g/mol. The quantitative estimate of drug-likeness (QED) is 0.459. The summed E-state index contributed by atoms with van der Waals surface area (Å²) in [4.78, 5) is 13.8. The number of amides is 1. The van der Waals surface area contributed by atoms with Crippen molar-refractivity contribution in [2.24, 2.45) is 7.05 Å². The van der Waals surface area contributed by atoms with E-state index in [4.69, 9.17) is 4.74 Å². The third kappa shape index (κ3) is 3.76. The van der Waals surface area contributed by atoms with Crippen LogP contribution in [0.15, 0.2) is 54.6 Å². The summed E-state index contributed by atoms with van der Waals surface area (Å²) in [6, 6.07) is 13.7. The first-order chi connectivity index (χ1) is 14.3. The van der Waals surface area contributed by atoms with E-state index in [1.807, 2.05) is 24.3 Å². The highest BCUT2D eigenvalue weighted by atomic mass is 32.1. The Labute approximate surface area is 173 Å². The van der Waals surface area contributed by atoms with E-state index in [1.54, 1.807) is 24.9 Å². The normalized spacial score (nSPS) is 11.6. The van der Waals surface area contributed by atoms with E-state index in [-0.39, 0.29) is 5.69 Å². The molecule has 0 saturated heterocycles. The molecule has 0 atom stereocenters. The number of methoxy groups -OCH3 is 1. The zero-order valence-electron chi connectivity index (χ0n) is 15.9. The molecular weight excluding hydrogens is 415 g/mol. The van der Waals surface area contributed by atoms with Gasteiger partial charge in [0.1, 0.15) is 16.3 Å². The largest absolute Gasteiger partial charge is 0.497 e. The van der Waals surface area contributed by atoms with E-state index in [9.17, 15) is 18.0 Å². The number of halogens is 3. The number of ether oxygens (including phenoxy) is 1. The molecule has 154 valence electrons. The Kier molecular flexibility index (Phi) is 4.98. The monoisotopic (exact) mass is 431 g/mol. The molecule has 0 aliphatic heterocycles. The summed E-state index contributed by atoms with van der Waals surface area (Å²) in [5.41, 5.74) is 0.794. The smallest absolute Gasteiger partial charge is 0.416 e. The minimum Gasteiger partial charge on any atom is -0.497 e. The zero-order chi connectivity index (χ0) is 21.5. The molecular formula is C21H16F3N3O2S. The van der Waals surface area contributed by atoms with Crippen LogP contribution in [0.2, 0.25) is 0 Å². The number of carbonyl (C=O) groups excluding carboxylic acids is 1. The maximum atomic E-state index is 12.9. The first-order valence-corrected chi connectivity index (χ1v) is 9.67. The maximum Gasteiger partial charge on any atom is 0.416 e. The molecule has 0 radical (unpaired) electrons. The van der Waals surface area contributed by atoms with Crippen LogP contribution in [0.1, 0.15) is 15.2 Å². The molecule has 5 nitrogen and oxygen atoms in total. The van der Waals surface area contributed by atoms with Crippen LogP contribution in [-0.2, 0) is 13.2 Å². The van der Waals surface area contributed by atoms with Crippen molar-refractivity contribution < 1.29 is 22.7 Å². The highest BCUT2D eigenvalue weighted by Crippen LogP contribution is 2.35. The number of hydrogen-bond acceptors (Lipinski definition) is 4. The number of aryl methyl sites for hydroxylation is 1. The van der Waals surface area contributed by atoms with Gasteiger partial charge in [-0.05, 0) is 36.4 Å². The summed E-state index contributed by atoms with van der Waals surface area (Å²) >= 11 is 1.22. The van der Waals surface area contributed by atoms with Crippen LogP contribution in [-0.4, -0.2) is 22.8 Å². The fourth-order valence-electron chi connectivity index (χ4n) is 3.10. The van der Waals surface area contributed by atoms with Crippen molar-refractivity contribution in [1.82, 2.24) is 9.78 Å². The molecule has 2 aromatic carbocycles. The van der Waals surface area contributed by atoms with Crippen LogP contribution in [0.5, 0.6) is 5.75 Å². The summed E-state index contributed by atoms with van der Waals surface area (Å²) in [5.74, 6) is 0.205. The Bertz CT molecular complexity index is 1240. The van der Waals surface area contributed by atoms with Gasteiger partial charge in [-0.25, -0.2) is 0 Å². The number of rotatable bonds is 4. The third-order valence-corrected chi connectivity index (χ3v) is 5.73. The molecule has 2 heterocycles. The first kappa shape index (κ1) is 20.0. The van der Waals surface area contributed by atoms with Crippen molar-refractivity contribution in [2.45, 2.75) is 6.18 Å². The van der Waals surface area contributed by atoms with E-state index in [0.29, 0.717) is 16.3 Å². The SMILES string of the molecule is COc1cccc(-c2nn(C)c3sc(C(=O)Nc4cccc(C(F)(F)F)c4)cc23)c1. The van der Waals surface area contributed by atoms with Crippen molar-refractivity contribution in [3.05, 3.63) is 65.0 Å². The number of nitrogens with zero attached hydrogens (tertiary/aromatic N) is 2. The topological polar surface area (TPSA) is 56.2 Å². The molecule has 30 heavy (non-hydrogen) atoms. The molecule has 9 heteroatoms. The standard InChI is InChI=1S/C21H16F3N3O2S/c1-27-20-16(18(26-27)12-5-3-8-15(9-12)29-2)11-17(30-20)19(28)25-14-7-4-6-13(10-14)21(22,23)24/h3-11H,1-2H3,(H,25,28). The molecule has 1 N–H and O–H groups in total. The van der Waals surface area contributed by atoms with E-state index >= 15 is 0 Å². The Morgan fingerprint density at radius 1 is 1.13 bits per heavy atom. The Balaban J connectivity index is 1.66. The number of alkyl halides is 3. The lowest BCUT2D eigenvalue weighted by Crippen LogP contribution is -2.11. The molecule has 4 rings (SSSR count). The van der Waals surface area contributed by atoms with Crippen molar-refractivity contribution in [2.75, 3.05) is 12.4 Å². The summed E-state index contributed by atoms with van der Waals surface area (Å²) in [6.07, 6.45) is -4.48. The Morgan fingerprint density at radius 3 is 2.63 bits per heavy atom. The molecule has 0 saturated carbocycles. The number of fused-ring (bicyclic) bond motifs is 1. The fraction of sp³-hybridized carbons (Fsp3) is 0.143. The van der Waals surface area contributed by atoms with Gasteiger partial charge in [0.05, 0.1) is 17.6 Å². The maximum absolute atomic E-state index is 12.9. The van der Waals surface area contributed by atoms with Crippen LogP contribution >= 0.6 is 11.3 Å². The number of benzene rings is 2. The molecule has 0 fully saturated rings. The van der Waals surface area contributed by atoms with Gasteiger partial charge in [-0.15, -0.1) is 11.3 Å². The summed E-state index contributed by atoms with van der Waals surface area (Å²) in [5, 5.41) is 7.86.